The third-order valence-corrected chi connectivity index (χ3v) is 3.31. The molecule has 0 amide bonds. The molecule has 0 aliphatic rings. The molecule has 0 saturated carbocycles. The first-order chi connectivity index (χ1) is 9.75. The molecule has 0 spiro atoms. The third-order valence-electron chi connectivity index (χ3n) is 3.31. The highest BCUT2D eigenvalue weighted by Crippen LogP contribution is 2.32. The van der Waals surface area contributed by atoms with Gasteiger partial charge in [0.05, 0.1) is 0 Å². The summed E-state index contributed by atoms with van der Waals surface area (Å²) >= 11 is 0. The summed E-state index contributed by atoms with van der Waals surface area (Å²) in [5.41, 5.74) is 2.32. The Morgan fingerprint density at radius 3 is 2.20 bits per heavy atom. The maximum absolute atomic E-state index is 12.8. The smallest absolute Gasteiger partial charge is 0.173 e. The van der Waals surface area contributed by atoms with E-state index in [9.17, 15) is 8.78 Å². The fourth-order valence-electron chi connectivity index (χ4n) is 2.43. The minimum absolute atomic E-state index is 0.564. The van der Waals surface area contributed by atoms with Crippen LogP contribution in [0.15, 0.2) is 72.8 Å². The van der Waals surface area contributed by atoms with Crippen molar-refractivity contribution in [2.75, 3.05) is 0 Å². The quantitative estimate of drug-likeness (QED) is 0.554. The maximum atomic E-state index is 12.8. The van der Waals surface area contributed by atoms with Gasteiger partial charge in [0, 0.05) is 6.08 Å². The Morgan fingerprint density at radius 2 is 1.45 bits per heavy atom. The molecule has 2 heteroatoms. The van der Waals surface area contributed by atoms with Gasteiger partial charge in [0.1, 0.15) is 0 Å². The van der Waals surface area contributed by atoms with Crippen molar-refractivity contribution in [1.82, 2.24) is 0 Å². The second-order valence-corrected chi connectivity index (χ2v) is 4.55. The largest absolute Gasteiger partial charge is 0.270 e. The Kier molecular flexibility index (Phi) is 3.30. The number of benzene rings is 3. The van der Waals surface area contributed by atoms with Gasteiger partial charge in [-0.2, -0.15) is 8.78 Å². The Balaban J connectivity index is 2.35. The summed E-state index contributed by atoms with van der Waals surface area (Å²) in [5, 5.41) is 1.79. The van der Waals surface area contributed by atoms with Crippen molar-refractivity contribution in [3.63, 3.8) is 0 Å². The van der Waals surface area contributed by atoms with Gasteiger partial charge >= 0.3 is 0 Å². The molecule has 3 rings (SSSR count). The number of hydrogen-bond acceptors (Lipinski definition) is 0. The van der Waals surface area contributed by atoms with E-state index in [0.717, 1.165) is 28.0 Å². The molecule has 0 nitrogen and oxygen atoms in total. The van der Waals surface area contributed by atoms with Crippen LogP contribution in [0.5, 0.6) is 0 Å². The zero-order valence-electron chi connectivity index (χ0n) is 10.7. The molecule has 98 valence electrons. The minimum Gasteiger partial charge on any atom is -0.173 e. The average Bonchev–Trinajstić information content (AvgIpc) is 2.48. The topological polar surface area (TPSA) is 0 Å². The first-order valence-corrected chi connectivity index (χ1v) is 6.35. The van der Waals surface area contributed by atoms with E-state index >= 15 is 0 Å². The molecular weight excluding hydrogens is 254 g/mol. The molecule has 3 aromatic carbocycles. The fourth-order valence-corrected chi connectivity index (χ4v) is 2.43. The maximum Gasteiger partial charge on any atom is 0.270 e. The summed E-state index contributed by atoms with van der Waals surface area (Å²) in [4.78, 5) is 0. The van der Waals surface area contributed by atoms with Crippen LogP contribution >= 0.6 is 0 Å². The molecule has 0 bridgehead atoms. The van der Waals surface area contributed by atoms with Crippen LogP contribution in [0.1, 0.15) is 5.56 Å². The first-order valence-electron chi connectivity index (χ1n) is 6.35. The molecule has 3 aromatic rings. The highest BCUT2D eigenvalue weighted by atomic mass is 19.3. The van der Waals surface area contributed by atoms with E-state index in [2.05, 4.69) is 0 Å². The van der Waals surface area contributed by atoms with E-state index in [1.807, 2.05) is 66.7 Å². The van der Waals surface area contributed by atoms with Crippen LogP contribution in [-0.2, 0) is 0 Å². The van der Waals surface area contributed by atoms with E-state index in [4.69, 9.17) is 0 Å². The summed E-state index contributed by atoms with van der Waals surface area (Å²) in [7, 11) is 0. The molecule has 0 unspecified atom stereocenters. The van der Waals surface area contributed by atoms with E-state index in [1.165, 1.54) is 0 Å². The van der Waals surface area contributed by atoms with E-state index in [-0.39, 0.29) is 0 Å². The lowest BCUT2D eigenvalue weighted by Crippen LogP contribution is -1.86. The third kappa shape index (κ3) is 2.32. The van der Waals surface area contributed by atoms with Crippen LogP contribution in [-0.4, -0.2) is 0 Å². The number of fused-ring (bicyclic) bond motifs is 1. The lowest BCUT2D eigenvalue weighted by Gasteiger charge is -2.10. The average molecular weight is 266 g/mol. The number of hydrogen-bond donors (Lipinski definition) is 0. The monoisotopic (exact) mass is 266 g/mol. The first kappa shape index (κ1) is 12.5. The van der Waals surface area contributed by atoms with Gasteiger partial charge in [-0.3, -0.25) is 0 Å². The van der Waals surface area contributed by atoms with Crippen LogP contribution in [0.25, 0.3) is 28.0 Å². The van der Waals surface area contributed by atoms with E-state index in [1.54, 1.807) is 0 Å². The highest BCUT2D eigenvalue weighted by molar-refractivity contribution is 5.97. The van der Waals surface area contributed by atoms with Gasteiger partial charge in [-0.25, -0.2) is 0 Å². The van der Waals surface area contributed by atoms with Crippen LogP contribution in [0.4, 0.5) is 8.78 Å². The van der Waals surface area contributed by atoms with Crippen molar-refractivity contribution in [3.05, 3.63) is 78.4 Å². The van der Waals surface area contributed by atoms with Crippen LogP contribution in [0.3, 0.4) is 0 Å². The fraction of sp³-hybridized carbons (Fsp3) is 0. The lowest BCUT2D eigenvalue weighted by atomic mass is 9.94. The molecular formula is C18H12F2. The molecule has 0 atom stereocenters. The van der Waals surface area contributed by atoms with Gasteiger partial charge in [0.25, 0.3) is 6.08 Å². The molecule has 0 aromatic heterocycles. The SMILES string of the molecule is FC(F)=Cc1c(-c2ccccc2)ccc2ccccc12. The summed E-state index contributed by atoms with van der Waals surface area (Å²) < 4.78 is 25.6. The Morgan fingerprint density at radius 1 is 0.750 bits per heavy atom. The van der Waals surface area contributed by atoms with Gasteiger partial charge in [0.15, 0.2) is 0 Å². The molecule has 0 heterocycles. The standard InChI is InChI=1S/C18H12F2/c19-18(20)12-17-15-9-5-4-8-14(15)10-11-16(17)13-6-2-1-3-7-13/h1-12H. The molecule has 0 aliphatic carbocycles. The van der Waals surface area contributed by atoms with Gasteiger partial charge in [0.2, 0.25) is 0 Å². The van der Waals surface area contributed by atoms with Crippen molar-refractivity contribution in [2.24, 2.45) is 0 Å². The van der Waals surface area contributed by atoms with Crippen molar-refractivity contribution >= 4 is 16.8 Å². The molecule has 0 radical (unpaired) electrons. The van der Waals surface area contributed by atoms with Crippen LogP contribution in [0.2, 0.25) is 0 Å². The van der Waals surface area contributed by atoms with E-state index in [0.29, 0.717) is 5.56 Å². The zero-order chi connectivity index (χ0) is 13.9. The van der Waals surface area contributed by atoms with Gasteiger partial charge in [-0.05, 0) is 27.5 Å². The normalized spacial score (nSPS) is 10.5. The number of rotatable bonds is 2. The molecule has 0 fully saturated rings. The van der Waals surface area contributed by atoms with Crippen molar-refractivity contribution < 1.29 is 8.78 Å². The Labute approximate surface area is 116 Å². The minimum atomic E-state index is -1.68. The number of halogens is 2. The Hall–Kier alpha value is -2.48. The van der Waals surface area contributed by atoms with Gasteiger partial charge in [-0.1, -0.05) is 66.7 Å². The zero-order valence-corrected chi connectivity index (χ0v) is 10.7. The highest BCUT2D eigenvalue weighted by Gasteiger charge is 2.08. The van der Waals surface area contributed by atoms with E-state index < -0.39 is 6.08 Å². The predicted octanol–water partition coefficient (Wildman–Crippen LogP) is 5.74. The summed E-state index contributed by atoms with van der Waals surface area (Å²) in [6.45, 7) is 0. The summed E-state index contributed by atoms with van der Waals surface area (Å²) in [5.74, 6) is 0. The molecule has 0 aliphatic heterocycles. The molecule has 0 saturated heterocycles. The predicted molar refractivity (Wildman–Crippen MR) is 79.6 cm³/mol. The van der Waals surface area contributed by atoms with Gasteiger partial charge in [-0.15, -0.1) is 0 Å². The summed E-state index contributed by atoms with van der Waals surface area (Å²) in [6.07, 6.45) is -0.733. The van der Waals surface area contributed by atoms with Crippen molar-refractivity contribution in [2.45, 2.75) is 0 Å². The molecule has 20 heavy (non-hydrogen) atoms. The van der Waals surface area contributed by atoms with Crippen LogP contribution < -0.4 is 0 Å². The Bertz CT molecular complexity index is 770. The lowest BCUT2D eigenvalue weighted by molar-refractivity contribution is 0.429. The second-order valence-electron chi connectivity index (χ2n) is 4.55. The molecule has 0 N–H and O–H groups in total. The van der Waals surface area contributed by atoms with Crippen LogP contribution in [0, 0.1) is 0 Å². The summed E-state index contributed by atoms with van der Waals surface area (Å²) in [6, 6.07) is 21.0. The second kappa shape index (κ2) is 5.25. The van der Waals surface area contributed by atoms with Crippen molar-refractivity contribution in [1.29, 1.82) is 0 Å². The van der Waals surface area contributed by atoms with Gasteiger partial charge < -0.3 is 0 Å². The van der Waals surface area contributed by atoms with Crippen molar-refractivity contribution in [3.8, 4) is 11.1 Å².